The van der Waals surface area contributed by atoms with Crippen LogP contribution in [0.15, 0.2) is 10.6 Å². The van der Waals surface area contributed by atoms with E-state index in [9.17, 15) is 14.4 Å². The van der Waals surface area contributed by atoms with Crippen LogP contribution < -0.4 is 20.9 Å². The Bertz CT molecular complexity index is 1240. The molecular formula is C25H30FN5O5. The van der Waals surface area contributed by atoms with Crippen LogP contribution in [0.1, 0.15) is 51.5 Å². The first-order valence-electron chi connectivity index (χ1n) is 12.7. The Morgan fingerprint density at radius 2 is 1.89 bits per heavy atom. The third kappa shape index (κ3) is 3.39. The number of fused-ring (bicyclic) bond motifs is 5. The Morgan fingerprint density at radius 1 is 1.17 bits per heavy atom. The minimum absolute atomic E-state index is 0.0362. The first kappa shape index (κ1) is 23.2. The van der Waals surface area contributed by atoms with Crippen LogP contribution >= 0.6 is 0 Å². The van der Waals surface area contributed by atoms with Gasteiger partial charge in [-0.2, -0.15) is 0 Å². The smallest absolute Gasteiger partial charge is 0.328 e. The number of hydrogen-bond acceptors (Lipinski definition) is 8. The van der Waals surface area contributed by atoms with Gasteiger partial charge in [-0.25, -0.2) is 9.18 Å². The predicted molar refractivity (Wildman–Crippen MR) is 128 cm³/mol. The molecule has 1 aromatic heterocycles. The third-order valence-electron chi connectivity index (χ3n) is 8.25. The number of nitrogens with zero attached hydrogens (tertiary/aromatic N) is 2. The van der Waals surface area contributed by atoms with E-state index in [-0.39, 0.29) is 30.3 Å². The highest BCUT2D eigenvalue weighted by Crippen LogP contribution is 2.49. The van der Waals surface area contributed by atoms with Gasteiger partial charge in [0.15, 0.2) is 17.1 Å². The molecule has 4 amide bonds. The van der Waals surface area contributed by atoms with Gasteiger partial charge in [0.2, 0.25) is 17.4 Å². The molecule has 0 radical (unpaired) electrons. The van der Waals surface area contributed by atoms with Crippen LogP contribution in [-0.2, 0) is 20.7 Å². The molecule has 0 bridgehead atoms. The van der Waals surface area contributed by atoms with Gasteiger partial charge < -0.3 is 19.5 Å². The van der Waals surface area contributed by atoms with Crippen molar-refractivity contribution in [1.82, 2.24) is 15.8 Å². The molecule has 3 aliphatic heterocycles. The van der Waals surface area contributed by atoms with Gasteiger partial charge in [-0.3, -0.25) is 20.2 Å². The molecule has 10 nitrogen and oxygen atoms in total. The number of amides is 4. The minimum atomic E-state index is -1.66. The quantitative estimate of drug-likeness (QED) is 0.551. The number of carbonyl (C=O) groups is 3. The second kappa shape index (κ2) is 8.43. The van der Waals surface area contributed by atoms with Gasteiger partial charge in [0, 0.05) is 19.5 Å². The van der Waals surface area contributed by atoms with E-state index < -0.39 is 41.2 Å². The summed E-state index contributed by atoms with van der Waals surface area (Å²) in [6.07, 6.45) is 5.03. The van der Waals surface area contributed by atoms with Gasteiger partial charge in [-0.1, -0.05) is 24.4 Å². The van der Waals surface area contributed by atoms with Crippen molar-refractivity contribution in [3.63, 3.8) is 0 Å². The third-order valence-corrected chi connectivity index (χ3v) is 8.25. The number of ether oxygens (including phenoxy) is 1. The normalized spacial score (nSPS) is 28.0. The first-order valence-corrected chi connectivity index (χ1v) is 12.7. The molecule has 1 saturated carbocycles. The van der Waals surface area contributed by atoms with E-state index in [0.717, 1.165) is 19.4 Å². The molecule has 3 unspecified atom stereocenters. The summed E-state index contributed by atoms with van der Waals surface area (Å²) >= 11 is 0. The molecule has 3 fully saturated rings. The molecule has 4 aliphatic rings. The van der Waals surface area contributed by atoms with Crippen LogP contribution in [0.2, 0.25) is 0 Å². The SMILES string of the molecule is CC1CN2c3c(cc4c(NCC5CCCCC5)noc4c3F)CC3(C(=O)NC(=O)NC3=O)C2C(C)O1. The van der Waals surface area contributed by atoms with E-state index in [1.54, 1.807) is 17.9 Å². The number of nitrogens with one attached hydrogen (secondary N) is 3. The second-order valence-corrected chi connectivity index (χ2v) is 10.6. The number of aromatic nitrogens is 1. The van der Waals surface area contributed by atoms with E-state index in [1.807, 2.05) is 6.92 Å². The lowest BCUT2D eigenvalue weighted by Gasteiger charge is -2.55. The summed E-state index contributed by atoms with van der Waals surface area (Å²) in [7, 11) is 0. The number of benzene rings is 1. The second-order valence-electron chi connectivity index (χ2n) is 10.6. The van der Waals surface area contributed by atoms with Gasteiger partial charge in [0.05, 0.1) is 29.3 Å². The van der Waals surface area contributed by atoms with Crippen molar-refractivity contribution in [1.29, 1.82) is 0 Å². The summed E-state index contributed by atoms with van der Waals surface area (Å²) < 4.78 is 27.5. The van der Waals surface area contributed by atoms with Crippen molar-refractivity contribution in [3.05, 3.63) is 17.4 Å². The van der Waals surface area contributed by atoms with Gasteiger partial charge in [-0.05, 0) is 44.2 Å². The Labute approximate surface area is 207 Å². The summed E-state index contributed by atoms with van der Waals surface area (Å²) in [5.74, 6) is -1.01. The van der Waals surface area contributed by atoms with Gasteiger partial charge in [0.25, 0.3) is 0 Å². The molecule has 1 aliphatic carbocycles. The van der Waals surface area contributed by atoms with Crippen LogP contribution in [-0.4, -0.2) is 54.3 Å². The Hall–Kier alpha value is -3.21. The van der Waals surface area contributed by atoms with Crippen molar-refractivity contribution in [2.45, 2.75) is 70.6 Å². The Morgan fingerprint density at radius 3 is 2.61 bits per heavy atom. The average Bonchev–Trinajstić information content (AvgIpc) is 3.24. The summed E-state index contributed by atoms with van der Waals surface area (Å²) in [4.78, 5) is 40.3. The maximum absolute atomic E-state index is 16.1. The van der Waals surface area contributed by atoms with E-state index in [2.05, 4.69) is 21.1 Å². The zero-order valence-electron chi connectivity index (χ0n) is 20.4. The maximum atomic E-state index is 16.1. The summed E-state index contributed by atoms with van der Waals surface area (Å²) in [5.41, 5.74) is -0.851. The Kier molecular flexibility index (Phi) is 5.43. The molecule has 11 heteroatoms. The van der Waals surface area contributed by atoms with Crippen molar-refractivity contribution in [2.75, 3.05) is 23.3 Å². The highest BCUT2D eigenvalue weighted by Gasteiger charge is 2.63. The number of hydrogen-bond donors (Lipinski definition) is 3. The van der Waals surface area contributed by atoms with Gasteiger partial charge in [-0.15, -0.1) is 0 Å². The standard InChI is InChI=1S/C25H30FN5O5/c1-12-11-31-18-15(9-25(20(31)13(2)35-12)22(32)28-24(34)29-23(25)33)8-16-19(17(18)26)36-30-21(16)27-10-14-6-4-3-5-7-14/h8,12-14,20H,3-7,9-11H2,1-2H3,(H,27,30)(H2,28,29,32,33,34). The molecule has 4 heterocycles. The lowest BCUT2D eigenvalue weighted by Crippen LogP contribution is -2.75. The summed E-state index contributed by atoms with van der Waals surface area (Å²) in [6.45, 7) is 4.60. The molecule has 3 N–H and O–H groups in total. The number of anilines is 2. The van der Waals surface area contributed by atoms with Crippen molar-refractivity contribution in [3.8, 4) is 0 Å². The monoisotopic (exact) mass is 499 g/mol. The lowest BCUT2D eigenvalue weighted by molar-refractivity contribution is -0.153. The van der Waals surface area contributed by atoms with Crippen molar-refractivity contribution < 1.29 is 28.0 Å². The van der Waals surface area contributed by atoms with Crippen LogP contribution in [0, 0.1) is 17.2 Å². The van der Waals surface area contributed by atoms with Gasteiger partial charge >= 0.3 is 6.03 Å². The highest BCUT2D eigenvalue weighted by molar-refractivity contribution is 6.20. The fourth-order valence-corrected chi connectivity index (χ4v) is 6.71. The van der Waals surface area contributed by atoms with Crippen molar-refractivity contribution >= 4 is 40.3 Å². The fourth-order valence-electron chi connectivity index (χ4n) is 6.71. The average molecular weight is 500 g/mol. The number of carbonyl (C=O) groups excluding carboxylic acids is 3. The summed E-state index contributed by atoms with van der Waals surface area (Å²) in [5, 5.41) is 12.4. The molecule has 3 atom stereocenters. The lowest BCUT2D eigenvalue weighted by atomic mass is 9.66. The molecule has 1 aromatic carbocycles. The minimum Gasteiger partial charge on any atom is -0.372 e. The first-order chi connectivity index (χ1) is 17.3. The zero-order valence-corrected chi connectivity index (χ0v) is 20.4. The summed E-state index contributed by atoms with van der Waals surface area (Å²) in [6, 6.07) is 0.0846. The zero-order chi connectivity index (χ0) is 25.2. The number of imide groups is 2. The molecule has 192 valence electrons. The van der Waals surface area contributed by atoms with Crippen LogP contribution in [0.4, 0.5) is 20.7 Å². The molecule has 6 rings (SSSR count). The van der Waals surface area contributed by atoms with Crippen LogP contribution in [0.5, 0.6) is 0 Å². The van der Waals surface area contributed by atoms with Crippen molar-refractivity contribution in [2.24, 2.45) is 11.3 Å². The van der Waals surface area contributed by atoms with Gasteiger partial charge in [0.1, 0.15) is 0 Å². The Balaban J connectivity index is 1.45. The number of urea groups is 1. The maximum Gasteiger partial charge on any atom is 0.328 e. The van der Waals surface area contributed by atoms with E-state index in [1.165, 1.54) is 19.3 Å². The predicted octanol–water partition coefficient (Wildman–Crippen LogP) is 2.85. The topological polar surface area (TPSA) is 126 Å². The van der Waals surface area contributed by atoms with E-state index in [4.69, 9.17) is 9.26 Å². The van der Waals surface area contributed by atoms with Crippen LogP contribution in [0.3, 0.4) is 0 Å². The largest absolute Gasteiger partial charge is 0.372 e. The molecule has 1 spiro atoms. The fraction of sp³-hybridized carbons (Fsp3) is 0.600. The number of barbiturate groups is 1. The van der Waals surface area contributed by atoms with E-state index in [0.29, 0.717) is 22.7 Å². The molecule has 2 aromatic rings. The van der Waals surface area contributed by atoms with Crippen LogP contribution in [0.25, 0.3) is 11.0 Å². The number of halogens is 1. The highest BCUT2D eigenvalue weighted by atomic mass is 19.1. The van der Waals surface area contributed by atoms with E-state index >= 15 is 4.39 Å². The number of morpholine rings is 1. The molecule has 36 heavy (non-hydrogen) atoms. The molecule has 2 saturated heterocycles. The number of rotatable bonds is 3. The molecular weight excluding hydrogens is 469 g/mol.